The summed E-state index contributed by atoms with van der Waals surface area (Å²) < 4.78 is 0. The zero-order chi connectivity index (χ0) is 16.8. The van der Waals surface area contributed by atoms with Crippen LogP contribution in [0.15, 0.2) is 36.5 Å². The minimum atomic E-state index is -1.27. The molecule has 120 valence electrons. The lowest BCUT2D eigenvalue weighted by atomic mass is 10.2. The predicted molar refractivity (Wildman–Crippen MR) is 78.6 cm³/mol. The summed E-state index contributed by atoms with van der Waals surface area (Å²) >= 11 is 0. The molecule has 3 amide bonds. The number of rotatable bonds is 1. The Morgan fingerprint density at radius 1 is 1.26 bits per heavy atom. The number of nitrogens with two attached hydrogens (primary N) is 1. The third kappa shape index (κ3) is 4.14. The van der Waals surface area contributed by atoms with Gasteiger partial charge in [0.1, 0.15) is 0 Å². The molecule has 9 heteroatoms. The van der Waals surface area contributed by atoms with Crippen molar-refractivity contribution in [2.75, 3.05) is 5.73 Å². The number of hydrogen-bond donors (Lipinski definition) is 3. The van der Waals surface area contributed by atoms with Gasteiger partial charge in [-0.1, -0.05) is 6.07 Å². The second-order valence-electron chi connectivity index (χ2n) is 4.53. The number of pyridine rings is 1. The lowest BCUT2D eigenvalue weighted by Crippen LogP contribution is -2.35. The molecule has 0 saturated carbocycles. The third-order valence-corrected chi connectivity index (χ3v) is 2.90. The van der Waals surface area contributed by atoms with Crippen LogP contribution in [0.2, 0.25) is 0 Å². The van der Waals surface area contributed by atoms with Crippen LogP contribution in [0, 0.1) is 0 Å². The Balaban J connectivity index is 0.000000167. The van der Waals surface area contributed by atoms with E-state index < -0.39 is 17.9 Å². The number of anilines is 1. The second kappa shape index (κ2) is 7.18. The van der Waals surface area contributed by atoms with Crippen LogP contribution in [0.25, 0.3) is 10.9 Å². The van der Waals surface area contributed by atoms with Crippen molar-refractivity contribution in [2.45, 2.75) is 12.8 Å². The fourth-order valence-corrected chi connectivity index (χ4v) is 1.86. The van der Waals surface area contributed by atoms with Crippen LogP contribution < -0.4 is 11.2 Å². The van der Waals surface area contributed by atoms with E-state index >= 15 is 0 Å². The minimum absolute atomic E-state index is 0.0253. The molecular weight excluding hydrogens is 304 g/mol. The summed E-state index contributed by atoms with van der Waals surface area (Å²) in [5, 5.41) is 9.41. The highest BCUT2D eigenvalue weighted by Gasteiger charge is 2.32. The Labute approximate surface area is 130 Å². The molecule has 1 aliphatic heterocycles. The summed E-state index contributed by atoms with van der Waals surface area (Å²) in [6.45, 7) is 0. The van der Waals surface area contributed by atoms with Gasteiger partial charge in [0.05, 0.1) is 5.52 Å². The SMILES string of the molecule is Nc1ccc2ncccc2c1.O=C(NO)ON1C(=O)CCC1=O. The van der Waals surface area contributed by atoms with Crippen molar-refractivity contribution in [1.29, 1.82) is 0 Å². The molecule has 0 atom stereocenters. The molecule has 0 bridgehead atoms. The number of amides is 3. The van der Waals surface area contributed by atoms with Crippen LogP contribution in [-0.2, 0) is 14.4 Å². The lowest BCUT2D eigenvalue weighted by Gasteiger charge is -2.10. The molecule has 23 heavy (non-hydrogen) atoms. The molecule has 2 heterocycles. The fraction of sp³-hybridized carbons (Fsp3) is 0.143. The molecule has 2 aromatic rings. The number of nitrogen functional groups attached to an aromatic ring is 1. The number of nitrogens with zero attached hydrogens (tertiary/aromatic N) is 2. The zero-order valence-corrected chi connectivity index (χ0v) is 11.9. The van der Waals surface area contributed by atoms with Crippen molar-refractivity contribution in [2.24, 2.45) is 0 Å². The minimum Gasteiger partial charge on any atom is -0.399 e. The molecule has 1 saturated heterocycles. The monoisotopic (exact) mass is 318 g/mol. The average molecular weight is 318 g/mol. The van der Waals surface area contributed by atoms with Crippen molar-refractivity contribution < 1.29 is 24.4 Å². The van der Waals surface area contributed by atoms with E-state index in [0.717, 1.165) is 22.1 Å². The summed E-state index contributed by atoms with van der Waals surface area (Å²) in [7, 11) is 0. The smallest absolute Gasteiger partial charge is 0.399 e. The highest BCUT2D eigenvalue weighted by molar-refractivity contribution is 6.01. The van der Waals surface area contributed by atoms with Gasteiger partial charge >= 0.3 is 6.09 Å². The van der Waals surface area contributed by atoms with Gasteiger partial charge in [0, 0.05) is 30.1 Å². The first kappa shape index (κ1) is 16.2. The molecule has 0 aliphatic carbocycles. The lowest BCUT2D eigenvalue weighted by molar-refractivity contribution is -0.173. The first-order valence-electron chi connectivity index (χ1n) is 6.59. The molecular formula is C14H14N4O5. The van der Waals surface area contributed by atoms with Crippen molar-refractivity contribution in [3.63, 3.8) is 0 Å². The van der Waals surface area contributed by atoms with Gasteiger partial charge in [-0.15, -0.1) is 5.06 Å². The molecule has 0 radical (unpaired) electrons. The van der Waals surface area contributed by atoms with Gasteiger partial charge in [-0.05, 0) is 24.3 Å². The van der Waals surface area contributed by atoms with E-state index in [0.29, 0.717) is 5.06 Å². The Morgan fingerprint density at radius 3 is 2.61 bits per heavy atom. The Kier molecular flexibility index (Phi) is 5.05. The maximum atomic E-state index is 10.8. The van der Waals surface area contributed by atoms with Gasteiger partial charge in [0.2, 0.25) is 0 Å². The number of hydrogen-bond acceptors (Lipinski definition) is 7. The molecule has 1 aromatic heterocycles. The largest absolute Gasteiger partial charge is 0.456 e. The van der Waals surface area contributed by atoms with E-state index in [4.69, 9.17) is 10.9 Å². The number of imide groups is 1. The molecule has 1 fully saturated rings. The van der Waals surface area contributed by atoms with E-state index in [2.05, 4.69) is 9.82 Å². The van der Waals surface area contributed by atoms with E-state index in [1.54, 1.807) is 6.20 Å². The number of aromatic nitrogens is 1. The topological polar surface area (TPSA) is 135 Å². The number of nitrogens with one attached hydrogen (secondary N) is 1. The van der Waals surface area contributed by atoms with Gasteiger partial charge < -0.3 is 10.6 Å². The highest BCUT2D eigenvalue weighted by Crippen LogP contribution is 2.13. The average Bonchev–Trinajstić information content (AvgIpc) is 2.87. The summed E-state index contributed by atoms with van der Waals surface area (Å²) in [5.74, 6) is -1.19. The third-order valence-electron chi connectivity index (χ3n) is 2.90. The van der Waals surface area contributed by atoms with Gasteiger partial charge in [-0.25, -0.2) is 10.3 Å². The molecule has 0 spiro atoms. The summed E-state index contributed by atoms with van der Waals surface area (Å²) in [4.78, 5) is 40.1. The van der Waals surface area contributed by atoms with Crippen molar-refractivity contribution in [3.8, 4) is 0 Å². The molecule has 1 aliphatic rings. The van der Waals surface area contributed by atoms with Crippen LogP contribution >= 0.6 is 0 Å². The molecule has 1 aromatic carbocycles. The summed E-state index contributed by atoms with van der Waals surface area (Å²) in [6, 6.07) is 9.60. The first-order valence-corrected chi connectivity index (χ1v) is 6.59. The predicted octanol–water partition coefficient (Wildman–Crippen LogP) is 0.983. The quantitative estimate of drug-likeness (QED) is 0.309. The standard InChI is InChI=1S/C9H8N2.C5H6N2O5/c10-8-3-4-9-7(6-8)2-1-5-11-9;8-3-1-2-4(9)7(3)12-5(10)6-11/h1-6H,10H2;11H,1-2H2,(H,6,10). The number of fused-ring (bicyclic) bond motifs is 1. The molecule has 0 unspecified atom stereocenters. The van der Waals surface area contributed by atoms with E-state index in [1.165, 1.54) is 0 Å². The van der Waals surface area contributed by atoms with E-state index in [1.807, 2.05) is 30.3 Å². The Morgan fingerprint density at radius 2 is 1.96 bits per heavy atom. The van der Waals surface area contributed by atoms with Crippen LogP contribution in [0.1, 0.15) is 12.8 Å². The normalized spacial score (nSPS) is 13.5. The molecule has 4 N–H and O–H groups in total. The van der Waals surface area contributed by atoms with Gasteiger partial charge in [-0.2, -0.15) is 0 Å². The Bertz CT molecular complexity index is 733. The maximum absolute atomic E-state index is 10.8. The van der Waals surface area contributed by atoms with Crippen LogP contribution in [-0.4, -0.2) is 33.2 Å². The summed E-state index contributed by atoms with van der Waals surface area (Å²) in [6.07, 6.45) is 0.562. The highest BCUT2D eigenvalue weighted by atomic mass is 16.8. The van der Waals surface area contributed by atoms with Crippen LogP contribution in [0.5, 0.6) is 0 Å². The van der Waals surface area contributed by atoms with Crippen LogP contribution in [0.4, 0.5) is 10.5 Å². The van der Waals surface area contributed by atoms with Crippen LogP contribution in [0.3, 0.4) is 0 Å². The van der Waals surface area contributed by atoms with E-state index in [9.17, 15) is 14.4 Å². The van der Waals surface area contributed by atoms with Gasteiger partial charge in [0.25, 0.3) is 11.8 Å². The van der Waals surface area contributed by atoms with E-state index in [-0.39, 0.29) is 12.8 Å². The van der Waals surface area contributed by atoms with Gasteiger partial charge in [-0.3, -0.25) is 19.8 Å². The first-order chi connectivity index (χ1) is 11.0. The van der Waals surface area contributed by atoms with Gasteiger partial charge in [0.15, 0.2) is 0 Å². The number of carbonyl (C=O) groups excluding carboxylic acids is 3. The number of carbonyl (C=O) groups is 3. The number of hydroxylamine groups is 3. The summed E-state index contributed by atoms with van der Waals surface area (Å²) in [5.41, 5.74) is 8.49. The number of benzene rings is 1. The molecule has 3 rings (SSSR count). The van der Waals surface area contributed by atoms with Crippen molar-refractivity contribution in [1.82, 2.24) is 15.5 Å². The zero-order valence-electron chi connectivity index (χ0n) is 11.9. The van der Waals surface area contributed by atoms with Crippen molar-refractivity contribution in [3.05, 3.63) is 36.5 Å². The maximum Gasteiger partial charge on any atom is 0.456 e. The Hall–Kier alpha value is -3.20. The fourth-order valence-electron chi connectivity index (χ4n) is 1.86. The second-order valence-corrected chi connectivity index (χ2v) is 4.53. The molecule has 9 nitrogen and oxygen atoms in total. The van der Waals surface area contributed by atoms with Crippen molar-refractivity contribution >= 4 is 34.5 Å².